The Morgan fingerprint density at radius 3 is 2.57 bits per heavy atom. The van der Waals surface area contributed by atoms with Gasteiger partial charge in [-0.15, -0.1) is 0 Å². The van der Waals surface area contributed by atoms with Gasteiger partial charge < -0.3 is 19.7 Å². The second-order valence-corrected chi connectivity index (χ2v) is 10.7. The molecule has 0 unspecified atom stereocenters. The zero-order valence-corrected chi connectivity index (χ0v) is 22.6. The lowest BCUT2D eigenvalue weighted by Crippen LogP contribution is -2.68. The molecule has 5 rings (SSSR count). The fraction of sp³-hybridized carbons (Fsp3) is 0.323. The number of hydrogen-bond acceptors (Lipinski definition) is 4. The summed E-state index contributed by atoms with van der Waals surface area (Å²) in [6.07, 6.45) is 4.69. The predicted octanol–water partition coefficient (Wildman–Crippen LogP) is 6.65. The maximum atomic E-state index is 12.7. The number of aryl methyl sites for hydroxylation is 1. The predicted molar refractivity (Wildman–Crippen MR) is 149 cm³/mol. The van der Waals surface area contributed by atoms with Gasteiger partial charge in [0.15, 0.2) is 11.5 Å². The number of rotatable bonds is 7. The quantitative estimate of drug-likeness (QED) is 0.382. The molecule has 0 saturated carbocycles. The topological polar surface area (TPSA) is 50.8 Å². The van der Waals surface area contributed by atoms with Crippen molar-refractivity contribution in [1.82, 2.24) is 5.32 Å². The first-order valence-electron chi connectivity index (χ1n) is 12.8. The highest BCUT2D eigenvalue weighted by Crippen LogP contribution is 2.52. The normalized spacial score (nSPS) is 19.9. The first kappa shape index (κ1) is 25.2. The Morgan fingerprint density at radius 1 is 1.03 bits per heavy atom. The van der Waals surface area contributed by atoms with Crippen LogP contribution in [0.5, 0.6) is 11.5 Å². The number of carbonyl (C=O) groups is 1. The van der Waals surface area contributed by atoms with E-state index in [1.165, 1.54) is 16.8 Å². The van der Waals surface area contributed by atoms with E-state index >= 15 is 0 Å². The maximum Gasteiger partial charge on any atom is 0.223 e. The molecule has 1 atom stereocenters. The summed E-state index contributed by atoms with van der Waals surface area (Å²) in [5.74, 6) is 1.44. The average Bonchev–Trinajstić information content (AvgIpc) is 3.06. The number of amides is 1. The SMILES string of the molecule is CCOc1cc(/C=C/[C@]23NC(=O)CCN2c2ccc(C)cc2C3(C)C)ccc1OCc1ccc(Cl)cc1. The lowest BCUT2D eigenvalue weighted by Gasteiger charge is -2.49. The van der Waals surface area contributed by atoms with Gasteiger partial charge in [0.1, 0.15) is 12.3 Å². The lowest BCUT2D eigenvalue weighted by atomic mass is 9.74. The third-order valence-corrected chi connectivity index (χ3v) is 7.73. The first-order chi connectivity index (χ1) is 17.7. The number of halogens is 1. The van der Waals surface area contributed by atoms with E-state index in [0.29, 0.717) is 42.7 Å². The average molecular weight is 517 g/mol. The lowest BCUT2D eigenvalue weighted by molar-refractivity contribution is -0.124. The van der Waals surface area contributed by atoms with Crippen LogP contribution in [0.4, 0.5) is 5.69 Å². The van der Waals surface area contributed by atoms with Crippen molar-refractivity contribution in [3.63, 3.8) is 0 Å². The Balaban J connectivity index is 1.45. The molecule has 0 spiro atoms. The van der Waals surface area contributed by atoms with Crippen LogP contribution in [0, 0.1) is 6.92 Å². The van der Waals surface area contributed by atoms with Gasteiger partial charge in [-0.1, -0.05) is 67.4 Å². The molecule has 2 aliphatic rings. The van der Waals surface area contributed by atoms with Gasteiger partial charge in [0.05, 0.1) is 6.61 Å². The van der Waals surface area contributed by atoms with Crippen molar-refractivity contribution in [2.24, 2.45) is 0 Å². The van der Waals surface area contributed by atoms with Crippen LogP contribution >= 0.6 is 11.6 Å². The molecular weight excluding hydrogens is 484 g/mol. The summed E-state index contributed by atoms with van der Waals surface area (Å²) >= 11 is 6.00. The van der Waals surface area contributed by atoms with Gasteiger partial charge in [-0.25, -0.2) is 0 Å². The van der Waals surface area contributed by atoms with Gasteiger partial charge in [0, 0.05) is 29.1 Å². The molecule has 3 aromatic rings. The molecule has 0 aromatic heterocycles. The summed E-state index contributed by atoms with van der Waals surface area (Å²) in [4.78, 5) is 15.0. The summed E-state index contributed by atoms with van der Waals surface area (Å²) in [5.41, 5.74) is 4.66. The largest absolute Gasteiger partial charge is 0.490 e. The van der Waals surface area contributed by atoms with Crippen molar-refractivity contribution in [1.29, 1.82) is 0 Å². The Hall–Kier alpha value is -3.44. The third-order valence-electron chi connectivity index (χ3n) is 7.48. The number of hydrogen-bond donors (Lipinski definition) is 1. The molecule has 0 radical (unpaired) electrons. The number of fused-ring (bicyclic) bond motifs is 3. The Bertz CT molecular complexity index is 1350. The third kappa shape index (κ3) is 4.57. The van der Waals surface area contributed by atoms with Crippen LogP contribution in [0.3, 0.4) is 0 Å². The molecule has 3 aromatic carbocycles. The molecule has 2 aliphatic heterocycles. The number of carbonyl (C=O) groups excluding carboxylic acids is 1. The van der Waals surface area contributed by atoms with Crippen LogP contribution in [-0.4, -0.2) is 24.7 Å². The van der Waals surface area contributed by atoms with Crippen LogP contribution in [0.1, 0.15) is 49.4 Å². The van der Waals surface area contributed by atoms with Crippen molar-refractivity contribution in [2.45, 2.75) is 51.8 Å². The van der Waals surface area contributed by atoms with Crippen molar-refractivity contribution >= 4 is 29.3 Å². The number of nitrogens with one attached hydrogen (secondary N) is 1. The highest BCUT2D eigenvalue weighted by molar-refractivity contribution is 6.30. The second-order valence-electron chi connectivity index (χ2n) is 10.2. The van der Waals surface area contributed by atoms with E-state index in [4.69, 9.17) is 21.1 Å². The van der Waals surface area contributed by atoms with E-state index in [0.717, 1.165) is 11.1 Å². The molecule has 1 N–H and O–H groups in total. The molecule has 1 fully saturated rings. The van der Waals surface area contributed by atoms with Crippen molar-refractivity contribution in [3.05, 3.63) is 94.0 Å². The van der Waals surface area contributed by atoms with Gasteiger partial charge in [-0.3, -0.25) is 4.79 Å². The molecule has 192 valence electrons. The summed E-state index contributed by atoms with van der Waals surface area (Å²) < 4.78 is 12.0. The summed E-state index contributed by atoms with van der Waals surface area (Å²) in [6, 6.07) is 20.1. The van der Waals surface area contributed by atoms with E-state index in [9.17, 15) is 4.79 Å². The molecule has 1 saturated heterocycles. The van der Waals surface area contributed by atoms with Crippen LogP contribution in [0.2, 0.25) is 5.02 Å². The smallest absolute Gasteiger partial charge is 0.223 e. The molecule has 37 heavy (non-hydrogen) atoms. The summed E-state index contributed by atoms with van der Waals surface area (Å²) in [6.45, 7) is 10.1. The van der Waals surface area contributed by atoms with E-state index in [1.807, 2.05) is 49.4 Å². The number of benzene rings is 3. The fourth-order valence-electron chi connectivity index (χ4n) is 5.44. The first-order valence-corrected chi connectivity index (χ1v) is 13.1. The zero-order chi connectivity index (χ0) is 26.2. The van der Waals surface area contributed by atoms with E-state index in [2.05, 4.69) is 61.3 Å². The number of ether oxygens (including phenoxy) is 2. The summed E-state index contributed by atoms with van der Waals surface area (Å²) in [7, 11) is 0. The minimum absolute atomic E-state index is 0.0689. The van der Waals surface area contributed by atoms with E-state index in [1.54, 1.807) is 0 Å². The molecule has 0 bridgehead atoms. The van der Waals surface area contributed by atoms with Gasteiger partial charge in [-0.05, 0) is 66.9 Å². The zero-order valence-electron chi connectivity index (χ0n) is 21.8. The molecule has 2 heterocycles. The Morgan fingerprint density at radius 2 is 1.81 bits per heavy atom. The standard InChI is InChI=1S/C31H33ClN2O3/c1-5-36-28-19-22(9-13-27(28)37-20-23-7-10-24(32)11-8-23)14-16-31-30(3,4)25-18-21(2)6-12-26(25)34(31)17-15-29(35)33-31/h6-14,16,18-19H,5,15,17,20H2,1-4H3,(H,33,35)/b16-14+/t31-/m0/s1. The monoisotopic (exact) mass is 516 g/mol. The molecule has 1 amide bonds. The van der Waals surface area contributed by atoms with Gasteiger partial charge in [-0.2, -0.15) is 0 Å². The Kier molecular flexibility index (Phi) is 6.67. The van der Waals surface area contributed by atoms with Gasteiger partial charge in [0.2, 0.25) is 5.91 Å². The molecule has 6 heteroatoms. The fourth-order valence-corrected chi connectivity index (χ4v) is 5.57. The minimum Gasteiger partial charge on any atom is -0.490 e. The van der Waals surface area contributed by atoms with E-state index in [-0.39, 0.29) is 11.3 Å². The van der Waals surface area contributed by atoms with Crippen LogP contribution in [0.25, 0.3) is 6.08 Å². The van der Waals surface area contributed by atoms with Crippen LogP contribution < -0.4 is 19.7 Å². The molecule has 5 nitrogen and oxygen atoms in total. The van der Waals surface area contributed by atoms with Crippen molar-refractivity contribution < 1.29 is 14.3 Å². The number of nitrogens with zero attached hydrogens (tertiary/aromatic N) is 1. The number of anilines is 1. The van der Waals surface area contributed by atoms with Crippen LogP contribution in [-0.2, 0) is 16.8 Å². The Labute approximate surface area is 224 Å². The van der Waals surface area contributed by atoms with E-state index < -0.39 is 5.66 Å². The molecule has 0 aliphatic carbocycles. The van der Waals surface area contributed by atoms with Gasteiger partial charge >= 0.3 is 0 Å². The van der Waals surface area contributed by atoms with Crippen LogP contribution in [0.15, 0.2) is 66.7 Å². The van der Waals surface area contributed by atoms with Crippen molar-refractivity contribution in [2.75, 3.05) is 18.1 Å². The molecular formula is C31H33ClN2O3. The highest BCUT2D eigenvalue weighted by Gasteiger charge is 2.57. The second kappa shape index (κ2) is 9.79. The minimum atomic E-state index is -0.659. The van der Waals surface area contributed by atoms with Gasteiger partial charge in [0.25, 0.3) is 0 Å². The van der Waals surface area contributed by atoms with Crippen molar-refractivity contribution in [3.8, 4) is 11.5 Å². The highest BCUT2D eigenvalue weighted by atomic mass is 35.5. The summed E-state index contributed by atoms with van der Waals surface area (Å²) in [5, 5.41) is 4.05. The maximum absolute atomic E-state index is 12.7.